The molecule has 5 heteroatoms. The van der Waals surface area contributed by atoms with Gasteiger partial charge < -0.3 is 15.4 Å². The highest BCUT2D eigenvalue weighted by Crippen LogP contribution is 2.20. The number of hydrogen-bond acceptors (Lipinski definition) is 3. The monoisotopic (exact) mass is 236 g/mol. The predicted molar refractivity (Wildman–Crippen MR) is 64.2 cm³/mol. The van der Waals surface area contributed by atoms with Crippen LogP contribution in [0.4, 0.5) is 0 Å². The summed E-state index contributed by atoms with van der Waals surface area (Å²) in [5, 5.41) is 5.84. The summed E-state index contributed by atoms with van der Waals surface area (Å²) in [5.74, 6) is 0.682. The predicted octanol–water partition coefficient (Wildman–Crippen LogP) is 1.13. The topological polar surface area (TPSA) is 50.4 Å². The van der Waals surface area contributed by atoms with E-state index in [4.69, 9.17) is 17.0 Å². The second kappa shape index (κ2) is 4.49. The van der Waals surface area contributed by atoms with Crippen molar-refractivity contribution in [3.8, 4) is 5.75 Å². The second-order valence-electron chi connectivity index (χ2n) is 3.40. The Morgan fingerprint density at radius 1 is 1.38 bits per heavy atom. The normalized spacial score (nSPS) is 19.2. The molecule has 0 aromatic heterocycles. The molecule has 1 amide bonds. The molecule has 84 valence electrons. The third-order valence-corrected chi connectivity index (χ3v) is 2.52. The minimum Gasteiger partial charge on any atom is -0.494 e. The largest absolute Gasteiger partial charge is 0.494 e. The van der Waals surface area contributed by atoms with Gasteiger partial charge in [0.15, 0.2) is 5.11 Å². The molecule has 1 aromatic carbocycles. The van der Waals surface area contributed by atoms with Gasteiger partial charge in [0.05, 0.1) is 6.61 Å². The molecule has 2 N–H and O–H groups in total. The molecule has 0 spiro atoms. The maximum absolute atomic E-state index is 11.5. The van der Waals surface area contributed by atoms with Crippen LogP contribution in [0, 0.1) is 0 Å². The zero-order valence-electron chi connectivity index (χ0n) is 8.82. The molecule has 0 aliphatic carbocycles. The average Bonchev–Trinajstić information content (AvgIpc) is 2.59. The highest BCUT2D eigenvalue weighted by molar-refractivity contribution is 7.80. The molecule has 0 radical (unpaired) electrons. The third kappa shape index (κ3) is 2.14. The molecule has 2 rings (SSSR count). The molecule has 1 aliphatic rings. The Morgan fingerprint density at radius 3 is 2.56 bits per heavy atom. The van der Waals surface area contributed by atoms with Crippen molar-refractivity contribution in [2.24, 2.45) is 0 Å². The third-order valence-electron chi connectivity index (χ3n) is 2.30. The van der Waals surface area contributed by atoms with Crippen molar-refractivity contribution in [1.82, 2.24) is 10.6 Å². The number of amides is 1. The van der Waals surface area contributed by atoms with Crippen LogP contribution >= 0.6 is 12.2 Å². The van der Waals surface area contributed by atoms with Gasteiger partial charge in [-0.25, -0.2) is 0 Å². The van der Waals surface area contributed by atoms with Crippen LogP contribution in [0.5, 0.6) is 5.75 Å². The van der Waals surface area contributed by atoms with E-state index >= 15 is 0 Å². The number of ether oxygens (including phenoxy) is 1. The molecular formula is C11H12N2O2S. The first-order valence-corrected chi connectivity index (χ1v) is 5.45. The van der Waals surface area contributed by atoms with Crippen LogP contribution in [0.2, 0.25) is 0 Å². The first-order chi connectivity index (χ1) is 7.70. The van der Waals surface area contributed by atoms with Gasteiger partial charge >= 0.3 is 0 Å². The van der Waals surface area contributed by atoms with E-state index in [0.29, 0.717) is 11.7 Å². The van der Waals surface area contributed by atoms with Crippen LogP contribution in [0.25, 0.3) is 0 Å². The molecule has 1 heterocycles. The van der Waals surface area contributed by atoms with Gasteiger partial charge in [-0.2, -0.15) is 0 Å². The van der Waals surface area contributed by atoms with Gasteiger partial charge in [-0.15, -0.1) is 0 Å². The van der Waals surface area contributed by atoms with Crippen LogP contribution in [0.15, 0.2) is 24.3 Å². The first-order valence-electron chi connectivity index (χ1n) is 5.05. The van der Waals surface area contributed by atoms with Gasteiger partial charge in [-0.1, -0.05) is 12.1 Å². The lowest BCUT2D eigenvalue weighted by Gasteiger charge is -2.09. The minimum absolute atomic E-state index is 0.117. The van der Waals surface area contributed by atoms with Gasteiger partial charge in [-0.3, -0.25) is 4.79 Å². The fraction of sp³-hybridized carbons (Fsp3) is 0.273. The molecule has 1 atom stereocenters. The Balaban J connectivity index is 2.15. The van der Waals surface area contributed by atoms with E-state index in [1.54, 1.807) is 0 Å². The lowest BCUT2D eigenvalue weighted by atomic mass is 10.1. The smallest absolute Gasteiger partial charge is 0.253 e. The van der Waals surface area contributed by atoms with Gasteiger partial charge in [-0.05, 0) is 36.8 Å². The van der Waals surface area contributed by atoms with Crippen molar-refractivity contribution in [3.63, 3.8) is 0 Å². The van der Waals surface area contributed by atoms with E-state index in [1.807, 2.05) is 31.2 Å². The summed E-state index contributed by atoms with van der Waals surface area (Å²) in [6, 6.07) is 7.01. The number of hydrogen-bond donors (Lipinski definition) is 2. The summed E-state index contributed by atoms with van der Waals surface area (Å²) in [7, 11) is 0. The van der Waals surface area contributed by atoms with E-state index < -0.39 is 0 Å². The van der Waals surface area contributed by atoms with Crippen molar-refractivity contribution in [2.75, 3.05) is 6.61 Å². The molecule has 1 aliphatic heterocycles. The number of rotatable bonds is 3. The number of thiocarbonyl (C=S) groups is 1. The van der Waals surface area contributed by atoms with Gasteiger partial charge in [0, 0.05) is 0 Å². The molecule has 1 aromatic rings. The van der Waals surface area contributed by atoms with Crippen molar-refractivity contribution in [3.05, 3.63) is 29.8 Å². The average molecular weight is 236 g/mol. The van der Waals surface area contributed by atoms with Crippen molar-refractivity contribution in [1.29, 1.82) is 0 Å². The Bertz CT molecular complexity index is 416. The summed E-state index contributed by atoms with van der Waals surface area (Å²) in [6.07, 6.45) is 0. The highest BCUT2D eigenvalue weighted by Gasteiger charge is 2.28. The molecule has 0 bridgehead atoms. The quantitative estimate of drug-likeness (QED) is 0.772. The van der Waals surface area contributed by atoms with Crippen LogP contribution in [0.3, 0.4) is 0 Å². The summed E-state index contributed by atoms with van der Waals surface area (Å²) in [6.45, 7) is 2.56. The van der Waals surface area contributed by atoms with Crippen molar-refractivity contribution < 1.29 is 9.53 Å². The Morgan fingerprint density at radius 2 is 2.06 bits per heavy atom. The zero-order valence-corrected chi connectivity index (χ0v) is 9.64. The summed E-state index contributed by atoms with van der Waals surface area (Å²) in [5.41, 5.74) is 0.876. The minimum atomic E-state index is -0.386. The molecule has 1 unspecified atom stereocenters. The van der Waals surface area contributed by atoms with E-state index in [0.717, 1.165) is 11.3 Å². The van der Waals surface area contributed by atoms with E-state index in [2.05, 4.69) is 10.6 Å². The van der Waals surface area contributed by atoms with Crippen LogP contribution in [-0.2, 0) is 4.79 Å². The van der Waals surface area contributed by atoms with Gasteiger partial charge in [0.25, 0.3) is 5.91 Å². The fourth-order valence-corrected chi connectivity index (χ4v) is 1.79. The lowest BCUT2D eigenvalue weighted by molar-refractivity contribution is -0.120. The fourth-order valence-electron chi connectivity index (χ4n) is 1.57. The molecule has 16 heavy (non-hydrogen) atoms. The van der Waals surface area contributed by atoms with Crippen LogP contribution in [0.1, 0.15) is 18.5 Å². The van der Waals surface area contributed by atoms with Gasteiger partial charge in [0.1, 0.15) is 11.8 Å². The number of carbonyl (C=O) groups excluding carboxylic acids is 1. The molecule has 1 fully saturated rings. The SMILES string of the molecule is CCOc1ccc(C2NC(=S)NC2=O)cc1. The zero-order chi connectivity index (χ0) is 11.5. The summed E-state index contributed by atoms with van der Waals surface area (Å²) < 4.78 is 5.32. The van der Waals surface area contributed by atoms with Crippen LogP contribution < -0.4 is 15.4 Å². The van der Waals surface area contributed by atoms with E-state index in [1.165, 1.54) is 0 Å². The van der Waals surface area contributed by atoms with E-state index in [-0.39, 0.29) is 11.9 Å². The first kappa shape index (κ1) is 10.9. The highest BCUT2D eigenvalue weighted by atomic mass is 32.1. The lowest BCUT2D eigenvalue weighted by Crippen LogP contribution is -2.21. The molecule has 0 saturated carbocycles. The Kier molecular flexibility index (Phi) is 3.05. The number of carbonyl (C=O) groups is 1. The molecule has 1 saturated heterocycles. The maximum Gasteiger partial charge on any atom is 0.253 e. The Labute approximate surface area is 99.0 Å². The molecular weight excluding hydrogens is 224 g/mol. The summed E-state index contributed by atoms with van der Waals surface area (Å²) >= 11 is 4.87. The maximum atomic E-state index is 11.5. The van der Waals surface area contributed by atoms with E-state index in [9.17, 15) is 4.79 Å². The number of benzene rings is 1. The van der Waals surface area contributed by atoms with Crippen LogP contribution in [-0.4, -0.2) is 17.6 Å². The number of nitrogens with one attached hydrogen (secondary N) is 2. The standard InChI is InChI=1S/C11H12N2O2S/c1-2-15-8-5-3-7(4-6-8)9-10(14)13-11(16)12-9/h3-6,9H,2H2,1H3,(H2,12,13,14,16). The van der Waals surface area contributed by atoms with Crippen molar-refractivity contribution >= 4 is 23.2 Å². The second-order valence-corrected chi connectivity index (χ2v) is 3.81. The Hall–Kier alpha value is -1.62. The van der Waals surface area contributed by atoms with Gasteiger partial charge in [0.2, 0.25) is 0 Å². The molecule has 4 nitrogen and oxygen atoms in total. The van der Waals surface area contributed by atoms with Crippen molar-refractivity contribution in [2.45, 2.75) is 13.0 Å². The summed E-state index contributed by atoms with van der Waals surface area (Å²) in [4.78, 5) is 11.5.